The molecule has 1 fully saturated rings. The third-order valence-electron chi connectivity index (χ3n) is 3.99. The van der Waals surface area contributed by atoms with Gasteiger partial charge in [-0.15, -0.1) is 0 Å². The summed E-state index contributed by atoms with van der Waals surface area (Å²) >= 11 is 0. The van der Waals surface area contributed by atoms with E-state index in [4.69, 9.17) is 4.74 Å². The SMILES string of the molecule is COC(=O)C1CN(CC(C#N)c2ccccc2)CC1C. The molecular formula is C16H20N2O2. The van der Waals surface area contributed by atoms with E-state index < -0.39 is 0 Å². The molecule has 3 unspecified atom stereocenters. The molecule has 3 atom stereocenters. The van der Waals surface area contributed by atoms with E-state index in [9.17, 15) is 10.1 Å². The second-order valence-electron chi connectivity index (χ2n) is 5.42. The molecule has 0 saturated carbocycles. The molecule has 1 aromatic rings. The van der Waals surface area contributed by atoms with Gasteiger partial charge in [-0.3, -0.25) is 4.79 Å². The third kappa shape index (κ3) is 3.17. The molecule has 4 nitrogen and oxygen atoms in total. The summed E-state index contributed by atoms with van der Waals surface area (Å²) < 4.78 is 4.84. The Kier molecular flexibility index (Phi) is 4.75. The van der Waals surface area contributed by atoms with Crippen LogP contribution in [0.1, 0.15) is 18.4 Å². The maximum Gasteiger partial charge on any atom is 0.310 e. The number of hydrogen-bond donors (Lipinski definition) is 0. The summed E-state index contributed by atoms with van der Waals surface area (Å²) in [7, 11) is 1.43. The summed E-state index contributed by atoms with van der Waals surface area (Å²) in [5, 5.41) is 9.36. The van der Waals surface area contributed by atoms with E-state index in [1.165, 1.54) is 7.11 Å². The molecule has 1 aromatic carbocycles. The van der Waals surface area contributed by atoms with E-state index in [1.807, 2.05) is 30.3 Å². The Bertz CT molecular complexity index is 495. The number of rotatable bonds is 4. The summed E-state index contributed by atoms with van der Waals surface area (Å²) in [5.74, 6) is -0.0966. The molecule has 0 aromatic heterocycles. The second kappa shape index (κ2) is 6.53. The van der Waals surface area contributed by atoms with Crippen LogP contribution in [-0.2, 0) is 9.53 Å². The van der Waals surface area contributed by atoms with Gasteiger partial charge < -0.3 is 9.64 Å². The quantitative estimate of drug-likeness (QED) is 0.787. The van der Waals surface area contributed by atoms with Gasteiger partial charge in [0.1, 0.15) is 0 Å². The first-order valence-corrected chi connectivity index (χ1v) is 6.90. The molecule has 1 aliphatic rings. The first kappa shape index (κ1) is 14.5. The van der Waals surface area contributed by atoms with Gasteiger partial charge in [-0.1, -0.05) is 37.3 Å². The van der Waals surface area contributed by atoms with Crippen molar-refractivity contribution in [2.45, 2.75) is 12.8 Å². The zero-order valence-electron chi connectivity index (χ0n) is 12.0. The number of methoxy groups -OCH3 is 1. The molecule has 4 heteroatoms. The summed E-state index contributed by atoms with van der Waals surface area (Å²) in [4.78, 5) is 13.9. The highest BCUT2D eigenvalue weighted by Gasteiger charge is 2.36. The molecule has 20 heavy (non-hydrogen) atoms. The molecule has 0 amide bonds. The highest BCUT2D eigenvalue weighted by molar-refractivity contribution is 5.73. The average Bonchev–Trinajstić information content (AvgIpc) is 2.85. The molecule has 0 bridgehead atoms. The van der Waals surface area contributed by atoms with Crippen molar-refractivity contribution in [3.8, 4) is 6.07 Å². The van der Waals surface area contributed by atoms with Gasteiger partial charge in [0.05, 0.1) is 25.0 Å². The Morgan fingerprint density at radius 1 is 1.45 bits per heavy atom. The molecule has 0 aliphatic carbocycles. The fourth-order valence-corrected chi connectivity index (χ4v) is 2.84. The Hall–Kier alpha value is -1.86. The number of carbonyl (C=O) groups excluding carboxylic acids is 1. The van der Waals surface area contributed by atoms with Gasteiger partial charge in [-0.2, -0.15) is 5.26 Å². The highest BCUT2D eigenvalue weighted by atomic mass is 16.5. The van der Waals surface area contributed by atoms with E-state index in [-0.39, 0.29) is 23.7 Å². The topological polar surface area (TPSA) is 53.3 Å². The summed E-state index contributed by atoms with van der Waals surface area (Å²) in [6.07, 6.45) is 0. The monoisotopic (exact) mass is 272 g/mol. The lowest BCUT2D eigenvalue weighted by Crippen LogP contribution is -2.28. The first-order chi connectivity index (χ1) is 9.65. The summed E-state index contributed by atoms with van der Waals surface area (Å²) in [6, 6.07) is 12.2. The standard InChI is InChI=1S/C16H20N2O2/c1-12-9-18(11-15(12)16(19)20-2)10-14(8-17)13-6-4-3-5-7-13/h3-7,12,14-15H,9-11H2,1-2H3. The van der Waals surface area contributed by atoms with E-state index in [2.05, 4.69) is 17.9 Å². The van der Waals surface area contributed by atoms with Gasteiger partial charge >= 0.3 is 5.97 Å². The van der Waals surface area contributed by atoms with Crippen LogP contribution in [0.4, 0.5) is 0 Å². The van der Waals surface area contributed by atoms with Crippen LogP contribution in [-0.4, -0.2) is 37.6 Å². The van der Waals surface area contributed by atoms with Crippen molar-refractivity contribution in [2.24, 2.45) is 11.8 Å². The van der Waals surface area contributed by atoms with Gasteiger partial charge in [0.2, 0.25) is 0 Å². The average molecular weight is 272 g/mol. The van der Waals surface area contributed by atoms with Crippen molar-refractivity contribution in [2.75, 3.05) is 26.7 Å². The van der Waals surface area contributed by atoms with Crippen LogP contribution in [0.3, 0.4) is 0 Å². The molecule has 0 N–H and O–H groups in total. The molecule has 2 rings (SSSR count). The fraction of sp³-hybridized carbons (Fsp3) is 0.500. The van der Waals surface area contributed by atoms with Crippen molar-refractivity contribution in [3.63, 3.8) is 0 Å². The van der Waals surface area contributed by atoms with Gasteiger partial charge in [0, 0.05) is 19.6 Å². The Morgan fingerprint density at radius 2 is 2.15 bits per heavy atom. The summed E-state index contributed by atoms with van der Waals surface area (Å²) in [5.41, 5.74) is 1.03. The molecule has 106 valence electrons. The number of benzene rings is 1. The van der Waals surface area contributed by atoms with Gasteiger partial charge in [-0.25, -0.2) is 0 Å². The smallest absolute Gasteiger partial charge is 0.310 e. The predicted octanol–water partition coefficient (Wildman–Crippen LogP) is 2.03. The Morgan fingerprint density at radius 3 is 2.75 bits per heavy atom. The maximum absolute atomic E-state index is 11.7. The lowest BCUT2D eigenvalue weighted by molar-refractivity contribution is -0.146. The van der Waals surface area contributed by atoms with Crippen molar-refractivity contribution in [1.82, 2.24) is 4.90 Å². The van der Waals surface area contributed by atoms with E-state index >= 15 is 0 Å². The number of likely N-dealkylation sites (tertiary alicyclic amines) is 1. The van der Waals surface area contributed by atoms with Crippen LogP contribution in [0, 0.1) is 23.2 Å². The van der Waals surface area contributed by atoms with Crippen molar-refractivity contribution < 1.29 is 9.53 Å². The minimum absolute atomic E-state index is 0.0740. The number of carbonyl (C=O) groups is 1. The number of ether oxygens (including phenoxy) is 1. The molecule has 1 heterocycles. The molecular weight excluding hydrogens is 252 g/mol. The highest BCUT2D eigenvalue weighted by Crippen LogP contribution is 2.26. The van der Waals surface area contributed by atoms with Crippen LogP contribution >= 0.6 is 0 Å². The minimum atomic E-state index is -0.153. The third-order valence-corrected chi connectivity index (χ3v) is 3.99. The van der Waals surface area contributed by atoms with Crippen LogP contribution in [0.5, 0.6) is 0 Å². The van der Waals surface area contributed by atoms with Crippen molar-refractivity contribution >= 4 is 5.97 Å². The van der Waals surface area contributed by atoms with E-state index in [0.717, 1.165) is 12.1 Å². The van der Waals surface area contributed by atoms with Gasteiger partial charge in [0.15, 0.2) is 0 Å². The van der Waals surface area contributed by atoms with Crippen LogP contribution in [0.25, 0.3) is 0 Å². The zero-order chi connectivity index (χ0) is 14.5. The molecule has 1 saturated heterocycles. The van der Waals surface area contributed by atoms with E-state index in [0.29, 0.717) is 13.1 Å². The second-order valence-corrected chi connectivity index (χ2v) is 5.42. The number of hydrogen-bond acceptors (Lipinski definition) is 4. The zero-order valence-corrected chi connectivity index (χ0v) is 12.0. The van der Waals surface area contributed by atoms with E-state index in [1.54, 1.807) is 0 Å². The Balaban J connectivity index is 2.00. The number of esters is 1. The van der Waals surface area contributed by atoms with Crippen molar-refractivity contribution in [1.29, 1.82) is 5.26 Å². The Labute approximate surface area is 120 Å². The summed E-state index contributed by atoms with van der Waals surface area (Å²) in [6.45, 7) is 4.24. The van der Waals surface area contributed by atoms with Crippen LogP contribution < -0.4 is 0 Å². The molecule has 0 radical (unpaired) electrons. The van der Waals surface area contributed by atoms with Crippen molar-refractivity contribution in [3.05, 3.63) is 35.9 Å². The predicted molar refractivity (Wildman–Crippen MR) is 75.9 cm³/mol. The normalized spacial score (nSPS) is 24.1. The molecule has 0 spiro atoms. The lowest BCUT2D eigenvalue weighted by atomic mass is 9.99. The first-order valence-electron chi connectivity index (χ1n) is 6.90. The minimum Gasteiger partial charge on any atom is -0.469 e. The molecule has 1 aliphatic heterocycles. The van der Waals surface area contributed by atoms with Gasteiger partial charge in [-0.05, 0) is 11.5 Å². The number of nitriles is 1. The van der Waals surface area contributed by atoms with Crippen LogP contribution in [0.15, 0.2) is 30.3 Å². The lowest BCUT2D eigenvalue weighted by Gasteiger charge is -2.19. The fourth-order valence-electron chi connectivity index (χ4n) is 2.84. The largest absolute Gasteiger partial charge is 0.469 e. The van der Waals surface area contributed by atoms with Crippen LogP contribution in [0.2, 0.25) is 0 Å². The number of nitrogens with zero attached hydrogens (tertiary/aromatic N) is 2. The maximum atomic E-state index is 11.7. The van der Waals surface area contributed by atoms with Gasteiger partial charge in [0.25, 0.3) is 0 Å².